The van der Waals surface area contributed by atoms with Gasteiger partial charge in [-0.05, 0) is 68.0 Å². The summed E-state index contributed by atoms with van der Waals surface area (Å²) in [5.74, 6) is 1.57. The monoisotopic (exact) mass is 372 g/mol. The van der Waals surface area contributed by atoms with Crippen molar-refractivity contribution in [3.05, 3.63) is 59.2 Å². The van der Waals surface area contributed by atoms with Gasteiger partial charge in [0.2, 0.25) is 0 Å². The smallest absolute Gasteiger partial charge is 0.127 e. The van der Waals surface area contributed by atoms with Crippen LogP contribution < -0.4 is 10.1 Å². The first-order valence-corrected chi connectivity index (χ1v) is 10.6. The van der Waals surface area contributed by atoms with Crippen LogP contribution in [-0.2, 0) is 6.61 Å². The predicted octanol–water partition coefficient (Wildman–Crippen LogP) is 5.52. The maximum Gasteiger partial charge on any atom is 0.127 e. The lowest BCUT2D eigenvalue weighted by Crippen LogP contribution is -2.36. The maximum absolute atomic E-state index is 6.04. The molecule has 0 aliphatic carbocycles. The van der Waals surface area contributed by atoms with Gasteiger partial charge in [-0.25, -0.2) is 0 Å². The molecule has 3 heteroatoms. The highest BCUT2D eigenvalue weighted by Crippen LogP contribution is 2.39. The minimum atomic E-state index is 0.463. The van der Waals surface area contributed by atoms with Crippen LogP contribution in [0.3, 0.4) is 0 Å². The van der Waals surface area contributed by atoms with Crippen LogP contribution in [0.15, 0.2) is 47.5 Å². The molecule has 0 saturated carbocycles. The number of nitrogens with one attached hydrogen (secondary N) is 1. The van der Waals surface area contributed by atoms with E-state index in [0.717, 1.165) is 30.8 Å². The summed E-state index contributed by atoms with van der Waals surface area (Å²) < 4.78 is 6.04. The molecule has 0 amide bonds. The van der Waals surface area contributed by atoms with E-state index in [2.05, 4.69) is 61.6 Å². The number of allylic oxidation sites excluding steroid dienone is 1. The summed E-state index contributed by atoms with van der Waals surface area (Å²) in [6.45, 7) is 6.14. The molecule has 0 spiro atoms. The minimum Gasteiger partial charge on any atom is -0.488 e. The van der Waals surface area contributed by atoms with Crippen molar-refractivity contribution in [3.8, 4) is 16.9 Å². The molecule has 2 unspecified atom stereocenters. The first kappa shape index (κ1) is 17.7. The third-order valence-corrected chi connectivity index (χ3v) is 6.39. The second-order valence-electron chi connectivity index (χ2n) is 8.28. The van der Waals surface area contributed by atoms with Crippen molar-refractivity contribution in [2.24, 2.45) is 10.9 Å². The SMILES string of the molecule is CCC1CC=C(c2ccc3c(c2)COc2cc(C)ccc2-3)N=C1C1CCCN1. The van der Waals surface area contributed by atoms with Gasteiger partial charge in [0.15, 0.2) is 0 Å². The van der Waals surface area contributed by atoms with Crippen LogP contribution in [0.2, 0.25) is 0 Å². The van der Waals surface area contributed by atoms with Crippen LogP contribution in [0.25, 0.3) is 16.8 Å². The van der Waals surface area contributed by atoms with Gasteiger partial charge in [0.25, 0.3) is 0 Å². The normalized spacial score (nSPS) is 23.4. The van der Waals surface area contributed by atoms with Crippen LogP contribution in [-0.4, -0.2) is 18.3 Å². The molecule has 1 N–H and O–H groups in total. The van der Waals surface area contributed by atoms with Crippen LogP contribution in [0.4, 0.5) is 0 Å². The van der Waals surface area contributed by atoms with E-state index in [1.165, 1.54) is 46.4 Å². The maximum atomic E-state index is 6.04. The Kier molecular flexibility index (Phi) is 4.56. The van der Waals surface area contributed by atoms with E-state index in [4.69, 9.17) is 9.73 Å². The van der Waals surface area contributed by atoms with E-state index < -0.39 is 0 Å². The molecule has 1 fully saturated rings. The number of ether oxygens (including phenoxy) is 1. The third-order valence-electron chi connectivity index (χ3n) is 6.39. The van der Waals surface area contributed by atoms with E-state index >= 15 is 0 Å². The highest BCUT2D eigenvalue weighted by Gasteiger charge is 2.28. The van der Waals surface area contributed by atoms with Crippen molar-refractivity contribution in [1.82, 2.24) is 5.32 Å². The van der Waals surface area contributed by atoms with Gasteiger partial charge in [-0.3, -0.25) is 4.99 Å². The van der Waals surface area contributed by atoms with E-state index in [9.17, 15) is 0 Å². The largest absolute Gasteiger partial charge is 0.488 e. The van der Waals surface area contributed by atoms with Crippen LogP contribution in [0.5, 0.6) is 5.75 Å². The van der Waals surface area contributed by atoms with Crippen LogP contribution in [0, 0.1) is 12.8 Å². The van der Waals surface area contributed by atoms with Gasteiger partial charge in [0, 0.05) is 28.8 Å². The Bertz CT molecular complexity index is 967. The lowest BCUT2D eigenvalue weighted by Gasteiger charge is -2.27. The molecule has 1 saturated heterocycles. The predicted molar refractivity (Wildman–Crippen MR) is 116 cm³/mol. The fourth-order valence-corrected chi connectivity index (χ4v) is 4.77. The van der Waals surface area contributed by atoms with Gasteiger partial charge >= 0.3 is 0 Å². The van der Waals surface area contributed by atoms with Gasteiger partial charge in [0.05, 0.1) is 5.70 Å². The first-order chi connectivity index (χ1) is 13.7. The van der Waals surface area contributed by atoms with Gasteiger partial charge in [0.1, 0.15) is 12.4 Å². The standard InChI is InChI=1S/C25H28N2O/c1-3-17-8-11-22(27-25(17)23-5-4-12-26-23)18-7-10-20-19(14-18)15-28-24-13-16(2)6-9-21(20)24/h6-7,9-11,13-14,17,23,26H,3-5,8,12,15H2,1-2H3. The Morgan fingerprint density at radius 2 is 2.04 bits per heavy atom. The van der Waals surface area contributed by atoms with Crippen LogP contribution >= 0.6 is 0 Å². The minimum absolute atomic E-state index is 0.463. The molecule has 3 nitrogen and oxygen atoms in total. The van der Waals surface area contributed by atoms with Crippen LogP contribution in [0.1, 0.15) is 49.3 Å². The fourth-order valence-electron chi connectivity index (χ4n) is 4.77. The van der Waals surface area contributed by atoms with E-state index in [1.54, 1.807) is 0 Å². The molecule has 2 aromatic carbocycles. The number of rotatable bonds is 3. The number of nitrogens with zero attached hydrogens (tertiary/aromatic N) is 1. The molecule has 0 aromatic heterocycles. The number of fused-ring (bicyclic) bond motifs is 3. The Labute approximate surface area is 167 Å². The van der Waals surface area contributed by atoms with Crippen molar-refractivity contribution in [2.45, 2.75) is 52.2 Å². The van der Waals surface area contributed by atoms with Gasteiger partial charge in [-0.15, -0.1) is 0 Å². The molecule has 0 bridgehead atoms. The Hall–Kier alpha value is -2.39. The Balaban J connectivity index is 1.49. The molecule has 0 radical (unpaired) electrons. The average Bonchev–Trinajstić information content (AvgIpc) is 3.27. The van der Waals surface area contributed by atoms with Crippen molar-refractivity contribution < 1.29 is 4.74 Å². The molecule has 2 aromatic rings. The molecular formula is C25H28N2O. The third kappa shape index (κ3) is 3.08. The summed E-state index contributed by atoms with van der Waals surface area (Å²) >= 11 is 0. The molecule has 5 rings (SSSR count). The second kappa shape index (κ2) is 7.21. The van der Waals surface area contributed by atoms with E-state index in [0.29, 0.717) is 18.6 Å². The van der Waals surface area contributed by atoms with Crippen molar-refractivity contribution in [3.63, 3.8) is 0 Å². The van der Waals surface area contributed by atoms with E-state index in [-0.39, 0.29) is 0 Å². The second-order valence-corrected chi connectivity index (χ2v) is 8.28. The highest BCUT2D eigenvalue weighted by molar-refractivity contribution is 5.97. The zero-order valence-corrected chi connectivity index (χ0v) is 16.8. The molecule has 144 valence electrons. The first-order valence-electron chi connectivity index (χ1n) is 10.6. The molecule has 3 heterocycles. The molecule has 3 aliphatic rings. The summed E-state index contributed by atoms with van der Waals surface area (Å²) in [6.07, 6.45) is 7.06. The van der Waals surface area contributed by atoms with Crippen molar-refractivity contribution >= 4 is 11.4 Å². The van der Waals surface area contributed by atoms with Gasteiger partial charge in [-0.2, -0.15) is 0 Å². The summed E-state index contributed by atoms with van der Waals surface area (Å²) in [5.41, 5.74) is 8.68. The van der Waals surface area contributed by atoms with Gasteiger partial charge < -0.3 is 10.1 Å². The van der Waals surface area contributed by atoms with Gasteiger partial charge in [-0.1, -0.05) is 37.3 Å². The number of aliphatic imine (C=N–C) groups is 1. The molecule has 3 aliphatic heterocycles. The van der Waals surface area contributed by atoms with E-state index in [1.807, 2.05) is 0 Å². The Morgan fingerprint density at radius 1 is 1.14 bits per heavy atom. The highest BCUT2D eigenvalue weighted by atomic mass is 16.5. The molecule has 28 heavy (non-hydrogen) atoms. The zero-order chi connectivity index (χ0) is 19.1. The number of hydrogen-bond donors (Lipinski definition) is 1. The number of benzene rings is 2. The summed E-state index contributed by atoms with van der Waals surface area (Å²) in [7, 11) is 0. The number of hydrogen-bond acceptors (Lipinski definition) is 3. The van der Waals surface area contributed by atoms with Crippen molar-refractivity contribution in [2.75, 3.05) is 6.54 Å². The quantitative estimate of drug-likeness (QED) is 0.770. The molecular weight excluding hydrogens is 344 g/mol. The summed E-state index contributed by atoms with van der Waals surface area (Å²) in [6, 6.07) is 13.7. The Morgan fingerprint density at radius 3 is 2.86 bits per heavy atom. The number of aryl methyl sites for hydroxylation is 1. The summed E-state index contributed by atoms with van der Waals surface area (Å²) in [4.78, 5) is 5.17. The summed E-state index contributed by atoms with van der Waals surface area (Å²) in [5, 5.41) is 3.65. The lowest BCUT2D eigenvalue weighted by atomic mass is 9.87. The lowest BCUT2D eigenvalue weighted by molar-refractivity contribution is 0.302. The zero-order valence-electron chi connectivity index (χ0n) is 16.8. The molecule has 2 atom stereocenters. The topological polar surface area (TPSA) is 33.6 Å². The fraction of sp³-hybridized carbons (Fsp3) is 0.400. The van der Waals surface area contributed by atoms with Crippen molar-refractivity contribution in [1.29, 1.82) is 0 Å². The average molecular weight is 373 g/mol.